The normalized spacial score (nSPS) is 8.08. The number of aliphatic carboxylic acids is 1. The molecule has 0 aliphatic carbocycles. The molecule has 0 saturated heterocycles. The highest BCUT2D eigenvalue weighted by Gasteiger charge is 1.83. The second-order valence-corrected chi connectivity index (χ2v) is 2.13. The van der Waals surface area contributed by atoms with Crippen LogP contribution < -0.4 is 0 Å². The summed E-state index contributed by atoms with van der Waals surface area (Å²) in [5.74, 6) is -0.964. The Bertz CT molecular complexity index is 223. The highest BCUT2D eigenvalue weighted by Crippen LogP contribution is 2.02. The highest BCUT2D eigenvalue weighted by molar-refractivity contribution is 6.26. The quantitative estimate of drug-likeness (QED) is 0.660. The molecule has 1 rings (SSSR count). The van der Waals surface area contributed by atoms with Gasteiger partial charge in [0.1, 0.15) is 11.6 Å². The van der Waals surface area contributed by atoms with Crippen molar-refractivity contribution in [3.05, 3.63) is 30.3 Å². The van der Waals surface area contributed by atoms with E-state index in [0.29, 0.717) is 5.75 Å². The van der Waals surface area contributed by atoms with Crippen LogP contribution in [-0.4, -0.2) is 22.1 Å². The van der Waals surface area contributed by atoms with Gasteiger partial charge in [0.15, 0.2) is 0 Å². The molecule has 0 aromatic heterocycles. The van der Waals surface area contributed by atoms with E-state index in [2.05, 4.69) is 0 Å². The molecule has 0 saturated carbocycles. The fourth-order valence-electron chi connectivity index (χ4n) is 0.428. The number of carbonyl (C=O) groups is 1. The maximum atomic E-state index is 9.24. The van der Waals surface area contributed by atoms with Crippen LogP contribution >= 0.6 is 11.6 Å². The van der Waals surface area contributed by atoms with Crippen molar-refractivity contribution < 1.29 is 15.0 Å². The first-order chi connectivity index (χ1) is 5.66. The number of para-hydroxylation sites is 1. The minimum atomic E-state index is -0.980. The van der Waals surface area contributed by atoms with Gasteiger partial charge in [-0.2, -0.15) is 0 Å². The van der Waals surface area contributed by atoms with Crippen molar-refractivity contribution in [1.29, 1.82) is 0 Å². The van der Waals surface area contributed by atoms with Gasteiger partial charge in [0, 0.05) is 0 Å². The van der Waals surface area contributed by atoms with E-state index in [1.165, 1.54) is 0 Å². The Morgan fingerprint density at radius 1 is 1.33 bits per heavy atom. The van der Waals surface area contributed by atoms with Crippen LogP contribution in [0.5, 0.6) is 5.75 Å². The zero-order valence-corrected chi connectivity index (χ0v) is 7.03. The van der Waals surface area contributed by atoms with Gasteiger partial charge in [0.2, 0.25) is 0 Å². The first-order valence-electron chi connectivity index (χ1n) is 3.18. The Kier molecular flexibility index (Phi) is 5.83. The summed E-state index contributed by atoms with van der Waals surface area (Å²) in [6.45, 7) is 0. The minimum absolute atomic E-state index is 0.306. The van der Waals surface area contributed by atoms with E-state index >= 15 is 0 Å². The summed E-state index contributed by atoms with van der Waals surface area (Å²) in [6, 6.07) is 8.71. The maximum Gasteiger partial charge on any atom is 0.318 e. The number of benzene rings is 1. The molecule has 3 nitrogen and oxygen atoms in total. The zero-order valence-electron chi connectivity index (χ0n) is 6.27. The number of rotatable bonds is 1. The Hall–Kier alpha value is -1.22. The largest absolute Gasteiger partial charge is 0.508 e. The molecule has 0 amide bonds. The van der Waals surface area contributed by atoms with E-state index in [1.807, 2.05) is 6.07 Å². The summed E-state index contributed by atoms with van der Waals surface area (Å²) in [5.41, 5.74) is 0. The smallest absolute Gasteiger partial charge is 0.318 e. The molecule has 0 heterocycles. The predicted molar refractivity (Wildman–Crippen MR) is 46.5 cm³/mol. The Balaban J connectivity index is 0.000000217. The molecule has 1 aromatic carbocycles. The third kappa shape index (κ3) is 6.89. The Labute approximate surface area is 75.2 Å². The van der Waals surface area contributed by atoms with Gasteiger partial charge in [-0.1, -0.05) is 18.2 Å². The van der Waals surface area contributed by atoms with E-state index < -0.39 is 5.97 Å². The van der Waals surface area contributed by atoms with E-state index in [-0.39, 0.29) is 5.88 Å². The molecule has 66 valence electrons. The average Bonchev–Trinajstić information content (AvgIpc) is 2.07. The zero-order chi connectivity index (χ0) is 9.40. The molecule has 0 spiro atoms. The lowest BCUT2D eigenvalue weighted by Crippen LogP contribution is -1.92. The van der Waals surface area contributed by atoms with Crippen molar-refractivity contribution in [1.82, 2.24) is 0 Å². The lowest BCUT2D eigenvalue weighted by molar-refractivity contribution is -0.134. The van der Waals surface area contributed by atoms with E-state index in [9.17, 15) is 4.79 Å². The molecule has 0 fully saturated rings. The Morgan fingerprint density at radius 3 is 1.92 bits per heavy atom. The maximum absolute atomic E-state index is 9.24. The van der Waals surface area contributed by atoms with Gasteiger partial charge in [0.05, 0.1) is 0 Å². The predicted octanol–water partition coefficient (Wildman–Crippen LogP) is 1.70. The fourth-order valence-corrected chi connectivity index (χ4v) is 0.428. The molecule has 1 aromatic rings. The SMILES string of the molecule is O=C(O)CCl.Oc1ccccc1. The van der Waals surface area contributed by atoms with Gasteiger partial charge in [-0.25, -0.2) is 0 Å². The van der Waals surface area contributed by atoms with Crippen molar-refractivity contribution in [2.75, 3.05) is 5.88 Å². The van der Waals surface area contributed by atoms with E-state index in [1.54, 1.807) is 24.3 Å². The number of hydrogen-bond acceptors (Lipinski definition) is 2. The summed E-state index contributed by atoms with van der Waals surface area (Å²) in [7, 11) is 0. The summed E-state index contributed by atoms with van der Waals surface area (Å²) in [6.07, 6.45) is 0. The second kappa shape index (κ2) is 6.49. The van der Waals surface area contributed by atoms with Crippen molar-refractivity contribution >= 4 is 17.6 Å². The van der Waals surface area contributed by atoms with Gasteiger partial charge < -0.3 is 10.2 Å². The van der Waals surface area contributed by atoms with Crippen LogP contribution in [0.1, 0.15) is 0 Å². The van der Waals surface area contributed by atoms with Crippen molar-refractivity contribution in [3.8, 4) is 5.75 Å². The number of phenolic OH excluding ortho intramolecular Hbond substituents is 1. The molecule has 2 N–H and O–H groups in total. The lowest BCUT2D eigenvalue weighted by Gasteiger charge is -1.82. The number of phenols is 1. The van der Waals surface area contributed by atoms with Gasteiger partial charge >= 0.3 is 5.97 Å². The topological polar surface area (TPSA) is 57.5 Å². The van der Waals surface area contributed by atoms with Crippen molar-refractivity contribution in [3.63, 3.8) is 0 Å². The molecule has 4 heteroatoms. The standard InChI is InChI=1S/C6H6O.C2H3ClO2/c7-6-4-2-1-3-5-6;3-1-2(4)5/h1-5,7H;1H2,(H,4,5). The molecular weight excluding hydrogens is 180 g/mol. The number of hydrogen-bond donors (Lipinski definition) is 2. The van der Waals surface area contributed by atoms with Gasteiger partial charge in [0.25, 0.3) is 0 Å². The molecule has 12 heavy (non-hydrogen) atoms. The molecule has 0 bridgehead atoms. The molecule has 0 unspecified atom stereocenters. The van der Waals surface area contributed by atoms with Crippen LogP contribution in [0.2, 0.25) is 0 Å². The Morgan fingerprint density at radius 2 is 1.75 bits per heavy atom. The highest BCUT2D eigenvalue weighted by atomic mass is 35.5. The summed E-state index contributed by atoms with van der Waals surface area (Å²) < 4.78 is 0. The van der Waals surface area contributed by atoms with Crippen molar-refractivity contribution in [2.45, 2.75) is 0 Å². The molecule has 0 aliphatic rings. The summed E-state index contributed by atoms with van der Waals surface area (Å²) in [5, 5.41) is 16.2. The van der Waals surface area contributed by atoms with Crippen molar-refractivity contribution in [2.24, 2.45) is 0 Å². The number of carboxylic acids is 1. The van der Waals surface area contributed by atoms with Crippen LogP contribution in [0, 0.1) is 0 Å². The van der Waals surface area contributed by atoms with Crippen LogP contribution in [0.15, 0.2) is 30.3 Å². The number of halogens is 1. The number of aromatic hydroxyl groups is 1. The minimum Gasteiger partial charge on any atom is -0.508 e. The fraction of sp³-hybridized carbons (Fsp3) is 0.125. The third-order valence-corrected chi connectivity index (χ3v) is 1.10. The molecule has 0 radical (unpaired) electrons. The third-order valence-electron chi connectivity index (χ3n) is 0.871. The first-order valence-corrected chi connectivity index (χ1v) is 3.72. The molecule has 0 atom stereocenters. The van der Waals surface area contributed by atoms with E-state index in [0.717, 1.165) is 0 Å². The van der Waals surface area contributed by atoms with Crippen LogP contribution in [-0.2, 0) is 4.79 Å². The monoisotopic (exact) mass is 188 g/mol. The first kappa shape index (κ1) is 10.8. The van der Waals surface area contributed by atoms with Crippen LogP contribution in [0.4, 0.5) is 0 Å². The van der Waals surface area contributed by atoms with Gasteiger partial charge in [-0.05, 0) is 12.1 Å². The van der Waals surface area contributed by atoms with Gasteiger partial charge in [-0.15, -0.1) is 11.6 Å². The lowest BCUT2D eigenvalue weighted by atomic mass is 10.3. The molecule has 0 aliphatic heterocycles. The second-order valence-electron chi connectivity index (χ2n) is 1.86. The van der Waals surface area contributed by atoms with Crippen LogP contribution in [0.25, 0.3) is 0 Å². The van der Waals surface area contributed by atoms with E-state index in [4.69, 9.17) is 21.8 Å². The van der Waals surface area contributed by atoms with Gasteiger partial charge in [-0.3, -0.25) is 4.79 Å². The average molecular weight is 189 g/mol. The van der Waals surface area contributed by atoms with Crippen LogP contribution in [0.3, 0.4) is 0 Å². The summed E-state index contributed by atoms with van der Waals surface area (Å²) in [4.78, 5) is 9.24. The molecular formula is C8H9ClO3. The number of carboxylic acid groups (broad SMARTS) is 1. The summed E-state index contributed by atoms with van der Waals surface area (Å²) >= 11 is 4.74. The number of alkyl halides is 1.